The van der Waals surface area contributed by atoms with E-state index in [1.165, 1.54) is 23.9 Å². The van der Waals surface area contributed by atoms with Crippen molar-refractivity contribution in [2.75, 3.05) is 5.32 Å². The van der Waals surface area contributed by atoms with Crippen LogP contribution in [0.15, 0.2) is 58.3 Å². The van der Waals surface area contributed by atoms with Crippen LogP contribution in [-0.2, 0) is 9.59 Å². The van der Waals surface area contributed by atoms with Crippen molar-refractivity contribution in [3.05, 3.63) is 70.4 Å². The molecule has 136 valence electrons. The quantitative estimate of drug-likeness (QED) is 0.782. The van der Waals surface area contributed by atoms with E-state index < -0.39 is 5.82 Å². The van der Waals surface area contributed by atoms with Gasteiger partial charge in [0.05, 0.1) is 10.6 Å². The van der Waals surface area contributed by atoms with Gasteiger partial charge in [-0.05, 0) is 48.8 Å². The number of carbonyl (C=O) groups excluding carboxylic acids is 2. The fourth-order valence-electron chi connectivity index (χ4n) is 2.66. The Labute approximate surface area is 160 Å². The molecule has 27 heavy (non-hydrogen) atoms. The minimum atomic E-state index is -0.445. The van der Waals surface area contributed by atoms with Crippen LogP contribution in [0, 0.1) is 5.82 Å². The SMILES string of the molecule is O=C(/C=C/c1ccc(/C=C2\Sc3ccccc3NC2=O)c(F)c1)NC1CC1. The Bertz CT molecular complexity index is 980. The van der Waals surface area contributed by atoms with Gasteiger partial charge in [0, 0.05) is 22.6 Å². The average Bonchev–Trinajstić information content (AvgIpc) is 3.46. The van der Waals surface area contributed by atoms with Crippen molar-refractivity contribution in [2.24, 2.45) is 0 Å². The van der Waals surface area contributed by atoms with Crippen LogP contribution in [0.5, 0.6) is 0 Å². The summed E-state index contributed by atoms with van der Waals surface area (Å²) in [6, 6.07) is 12.4. The second kappa shape index (κ2) is 7.40. The Morgan fingerprint density at radius 1 is 1.22 bits per heavy atom. The van der Waals surface area contributed by atoms with Crippen molar-refractivity contribution in [1.29, 1.82) is 0 Å². The molecule has 0 aromatic heterocycles. The molecule has 2 aromatic rings. The molecule has 2 aromatic carbocycles. The highest BCUT2D eigenvalue weighted by molar-refractivity contribution is 8.04. The topological polar surface area (TPSA) is 58.2 Å². The number of anilines is 1. The van der Waals surface area contributed by atoms with Gasteiger partial charge in [-0.25, -0.2) is 4.39 Å². The molecule has 1 saturated carbocycles. The largest absolute Gasteiger partial charge is 0.350 e. The lowest BCUT2D eigenvalue weighted by atomic mass is 10.1. The normalized spacial score (nSPS) is 17.7. The molecule has 1 fully saturated rings. The van der Waals surface area contributed by atoms with Gasteiger partial charge in [-0.3, -0.25) is 9.59 Å². The zero-order chi connectivity index (χ0) is 18.8. The van der Waals surface area contributed by atoms with Gasteiger partial charge in [0.15, 0.2) is 0 Å². The summed E-state index contributed by atoms with van der Waals surface area (Å²) in [5.74, 6) is -0.864. The lowest BCUT2D eigenvalue weighted by Gasteiger charge is -2.18. The molecule has 0 spiro atoms. The molecule has 0 radical (unpaired) electrons. The first kappa shape index (κ1) is 17.5. The molecule has 0 atom stereocenters. The maximum atomic E-state index is 14.5. The number of amides is 2. The van der Waals surface area contributed by atoms with Gasteiger partial charge in [0.2, 0.25) is 5.91 Å². The van der Waals surface area contributed by atoms with Crippen LogP contribution in [-0.4, -0.2) is 17.9 Å². The first-order valence-corrected chi connectivity index (χ1v) is 9.48. The maximum Gasteiger partial charge on any atom is 0.262 e. The van der Waals surface area contributed by atoms with Gasteiger partial charge >= 0.3 is 0 Å². The summed E-state index contributed by atoms with van der Waals surface area (Å²) in [6.07, 6.45) is 6.57. The number of thioether (sulfide) groups is 1. The number of carbonyl (C=O) groups is 2. The molecular weight excluding hydrogens is 363 g/mol. The lowest BCUT2D eigenvalue weighted by molar-refractivity contribution is -0.116. The highest BCUT2D eigenvalue weighted by Crippen LogP contribution is 2.38. The second-order valence-electron chi connectivity index (χ2n) is 6.46. The molecule has 2 amide bonds. The average molecular weight is 380 g/mol. The van der Waals surface area contributed by atoms with Crippen LogP contribution in [0.1, 0.15) is 24.0 Å². The predicted molar refractivity (Wildman–Crippen MR) is 106 cm³/mol. The van der Waals surface area contributed by atoms with Crippen LogP contribution in [0.4, 0.5) is 10.1 Å². The number of rotatable bonds is 4. The maximum absolute atomic E-state index is 14.5. The Morgan fingerprint density at radius 3 is 2.81 bits per heavy atom. The zero-order valence-corrected chi connectivity index (χ0v) is 15.2. The summed E-state index contributed by atoms with van der Waals surface area (Å²) in [4.78, 5) is 25.3. The summed E-state index contributed by atoms with van der Waals surface area (Å²) >= 11 is 1.31. The van der Waals surface area contributed by atoms with E-state index in [0.717, 1.165) is 23.4 Å². The van der Waals surface area contributed by atoms with E-state index in [-0.39, 0.29) is 17.9 Å². The second-order valence-corrected chi connectivity index (χ2v) is 7.54. The van der Waals surface area contributed by atoms with Crippen molar-refractivity contribution >= 4 is 41.4 Å². The summed E-state index contributed by atoms with van der Waals surface area (Å²) in [5, 5.41) is 5.65. The van der Waals surface area contributed by atoms with E-state index in [4.69, 9.17) is 0 Å². The molecule has 1 aliphatic heterocycles. The third-order valence-electron chi connectivity index (χ3n) is 4.24. The fraction of sp³-hybridized carbons (Fsp3) is 0.143. The third-order valence-corrected chi connectivity index (χ3v) is 5.34. The molecule has 4 rings (SSSR count). The molecule has 0 unspecified atom stereocenters. The summed E-state index contributed by atoms with van der Waals surface area (Å²) in [7, 11) is 0. The number of nitrogens with one attached hydrogen (secondary N) is 2. The molecule has 4 nitrogen and oxygen atoms in total. The van der Waals surface area contributed by atoms with Crippen molar-refractivity contribution < 1.29 is 14.0 Å². The van der Waals surface area contributed by atoms with Crippen LogP contribution in [0.3, 0.4) is 0 Å². The minimum absolute atomic E-state index is 0.168. The zero-order valence-electron chi connectivity index (χ0n) is 14.4. The van der Waals surface area contributed by atoms with Gasteiger partial charge in [-0.15, -0.1) is 0 Å². The van der Waals surface area contributed by atoms with E-state index in [1.54, 1.807) is 24.3 Å². The van der Waals surface area contributed by atoms with Crippen molar-refractivity contribution in [1.82, 2.24) is 5.32 Å². The monoisotopic (exact) mass is 380 g/mol. The molecule has 0 saturated heterocycles. The minimum Gasteiger partial charge on any atom is -0.350 e. The number of hydrogen-bond acceptors (Lipinski definition) is 3. The van der Waals surface area contributed by atoms with Crippen LogP contribution in [0.25, 0.3) is 12.2 Å². The van der Waals surface area contributed by atoms with Crippen LogP contribution in [0.2, 0.25) is 0 Å². The van der Waals surface area contributed by atoms with Gasteiger partial charge in [0.25, 0.3) is 5.91 Å². The van der Waals surface area contributed by atoms with Gasteiger partial charge in [0.1, 0.15) is 5.82 Å². The summed E-state index contributed by atoms with van der Waals surface area (Å²) in [5.41, 5.74) is 1.67. The first-order valence-electron chi connectivity index (χ1n) is 8.66. The number of benzene rings is 2. The molecule has 2 aliphatic rings. The molecule has 0 bridgehead atoms. The third kappa shape index (κ3) is 4.28. The van der Waals surface area contributed by atoms with Gasteiger partial charge < -0.3 is 10.6 Å². The fourth-order valence-corrected chi connectivity index (χ4v) is 3.60. The summed E-state index contributed by atoms with van der Waals surface area (Å²) < 4.78 is 14.5. The number of fused-ring (bicyclic) bond motifs is 1. The van der Waals surface area contributed by atoms with E-state index in [0.29, 0.717) is 16.0 Å². The number of para-hydroxylation sites is 1. The Kier molecular flexibility index (Phi) is 4.81. The number of halogens is 1. The first-order chi connectivity index (χ1) is 13.1. The number of hydrogen-bond donors (Lipinski definition) is 2. The van der Waals surface area contributed by atoms with E-state index >= 15 is 0 Å². The van der Waals surface area contributed by atoms with Crippen LogP contribution >= 0.6 is 11.8 Å². The molecule has 6 heteroatoms. The predicted octanol–water partition coefficient (Wildman–Crippen LogP) is 4.20. The van der Waals surface area contributed by atoms with Gasteiger partial charge in [-0.2, -0.15) is 0 Å². The van der Waals surface area contributed by atoms with Crippen molar-refractivity contribution in [2.45, 2.75) is 23.8 Å². The van der Waals surface area contributed by atoms with E-state index in [9.17, 15) is 14.0 Å². The molecule has 2 N–H and O–H groups in total. The summed E-state index contributed by atoms with van der Waals surface area (Å²) in [6.45, 7) is 0. The van der Waals surface area contributed by atoms with Gasteiger partial charge in [-0.1, -0.05) is 36.0 Å². The Balaban J connectivity index is 1.51. The Hall–Kier alpha value is -2.86. The van der Waals surface area contributed by atoms with Crippen LogP contribution < -0.4 is 10.6 Å². The highest BCUT2D eigenvalue weighted by Gasteiger charge is 2.22. The molecule has 1 aliphatic carbocycles. The lowest BCUT2D eigenvalue weighted by Crippen LogP contribution is -2.22. The van der Waals surface area contributed by atoms with E-state index in [2.05, 4.69) is 10.6 Å². The van der Waals surface area contributed by atoms with Crippen molar-refractivity contribution in [3.8, 4) is 0 Å². The van der Waals surface area contributed by atoms with Crippen molar-refractivity contribution in [3.63, 3.8) is 0 Å². The molecule has 1 heterocycles. The standard InChI is InChI=1S/C21H17FN2O2S/c22-16-11-13(6-10-20(25)23-15-8-9-15)5-7-14(16)12-19-21(26)24-17-3-1-2-4-18(17)27-19/h1-7,10-12,15H,8-9H2,(H,23,25)(H,24,26)/b10-6+,19-12-. The molecular formula is C21H17FN2O2S. The Morgan fingerprint density at radius 2 is 2.04 bits per heavy atom. The highest BCUT2D eigenvalue weighted by atomic mass is 32.2. The smallest absolute Gasteiger partial charge is 0.262 e. The van der Waals surface area contributed by atoms with E-state index in [1.807, 2.05) is 24.3 Å².